The lowest BCUT2D eigenvalue weighted by atomic mass is 10.2. The highest BCUT2D eigenvalue weighted by Crippen LogP contribution is 2.21. The number of rotatable bonds is 6. The molecule has 0 spiro atoms. The van der Waals surface area contributed by atoms with Crippen molar-refractivity contribution in [2.24, 2.45) is 0 Å². The Bertz CT molecular complexity index is 677. The standard InChI is InChI=1S/C20H24F2N2O2/c1-25-18-9-5-17(6-10-18)24-12-2-11-23(13-14-24)15-16-3-7-19(8-4-16)26-20(21)22/h3-10,20H,2,11-15H2,1H3. The van der Waals surface area contributed by atoms with E-state index >= 15 is 0 Å². The molecule has 4 nitrogen and oxygen atoms in total. The van der Waals surface area contributed by atoms with Crippen molar-refractivity contribution in [2.75, 3.05) is 38.2 Å². The van der Waals surface area contributed by atoms with E-state index in [0.717, 1.165) is 50.5 Å². The molecule has 0 atom stereocenters. The zero-order valence-corrected chi connectivity index (χ0v) is 14.9. The molecule has 6 heteroatoms. The van der Waals surface area contributed by atoms with Crippen LogP contribution in [-0.2, 0) is 6.54 Å². The molecule has 1 aliphatic heterocycles. The first kappa shape index (κ1) is 18.5. The maximum Gasteiger partial charge on any atom is 0.387 e. The third kappa shape index (κ3) is 5.08. The van der Waals surface area contributed by atoms with Crippen molar-refractivity contribution < 1.29 is 18.3 Å². The summed E-state index contributed by atoms with van der Waals surface area (Å²) in [6.45, 7) is 1.98. The summed E-state index contributed by atoms with van der Waals surface area (Å²) in [5.74, 6) is 1.06. The quantitative estimate of drug-likeness (QED) is 0.775. The fourth-order valence-electron chi connectivity index (χ4n) is 3.21. The number of alkyl halides is 2. The number of ether oxygens (including phenoxy) is 2. The van der Waals surface area contributed by atoms with Crippen LogP contribution >= 0.6 is 0 Å². The minimum Gasteiger partial charge on any atom is -0.497 e. The fourth-order valence-corrected chi connectivity index (χ4v) is 3.21. The first-order chi connectivity index (χ1) is 12.6. The Morgan fingerprint density at radius 2 is 1.58 bits per heavy atom. The van der Waals surface area contributed by atoms with Crippen LogP contribution in [-0.4, -0.2) is 44.8 Å². The summed E-state index contributed by atoms with van der Waals surface area (Å²) >= 11 is 0. The molecule has 1 fully saturated rings. The Labute approximate surface area is 152 Å². The molecule has 0 amide bonds. The third-order valence-corrected chi connectivity index (χ3v) is 4.58. The van der Waals surface area contributed by atoms with Gasteiger partial charge >= 0.3 is 6.61 Å². The lowest BCUT2D eigenvalue weighted by Crippen LogP contribution is -2.30. The van der Waals surface area contributed by atoms with Gasteiger partial charge in [0.25, 0.3) is 0 Å². The highest BCUT2D eigenvalue weighted by atomic mass is 19.3. The molecule has 0 unspecified atom stereocenters. The van der Waals surface area contributed by atoms with E-state index in [-0.39, 0.29) is 5.75 Å². The van der Waals surface area contributed by atoms with Crippen molar-refractivity contribution in [3.63, 3.8) is 0 Å². The molecule has 140 valence electrons. The van der Waals surface area contributed by atoms with Gasteiger partial charge in [-0.15, -0.1) is 0 Å². The number of benzene rings is 2. The summed E-state index contributed by atoms with van der Waals surface area (Å²) < 4.78 is 34.0. The zero-order chi connectivity index (χ0) is 18.4. The normalized spacial score (nSPS) is 15.8. The van der Waals surface area contributed by atoms with Gasteiger partial charge in [0.1, 0.15) is 11.5 Å². The van der Waals surface area contributed by atoms with Crippen LogP contribution < -0.4 is 14.4 Å². The van der Waals surface area contributed by atoms with Crippen LogP contribution in [0.1, 0.15) is 12.0 Å². The van der Waals surface area contributed by atoms with Gasteiger partial charge in [-0.25, -0.2) is 0 Å². The van der Waals surface area contributed by atoms with Gasteiger partial charge in [0.05, 0.1) is 7.11 Å². The molecular weight excluding hydrogens is 338 g/mol. The Balaban J connectivity index is 1.54. The highest BCUT2D eigenvalue weighted by molar-refractivity contribution is 5.49. The lowest BCUT2D eigenvalue weighted by Gasteiger charge is -2.24. The molecule has 0 radical (unpaired) electrons. The molecule has 1 heterocycles. The largest absolute Gasteiger partial charge is 0.497 e. The van der Waals surface area contributed by atoms with E-state index in [1.54, 1.807) is 19.2 Å². The van der Waals surface area contributed by atoms with Gasteiger partial charge in [0.15, 0.2) is 0 Å². The van der Waals surface area contributed by atoms with E-state index in [4.69, 9.17) is 4.74 Å². The van der Waals surface area contributed by atoms with Gasteiger partial charge in [-0.05, 0) is 48.4 Å². The molecule has 1 saturated heterocycles. The average Bonchev–Trinajstić information content (AvgIpc) is 2.89. The summed E-state index contributed by atoms with van der Waals surface area (Å²) in [7, 11) is 1.67. The third-order valence-electron chi connectivity index (χ3n) is 4.58. The van der Waals surface area contributed by atoms with E-state index in [9.17, 15) is 8.78 Å². The molecule has 0 aromatic heterocycles. The van der Waals surface area contributed by atoms with Gasteiger partial charge in [0, 0.05) is 38.4 Å². The molecular formula is C20H24F2N2O2. The monoisotopic (exact) mass is 362 g/mol. The topological polar surface area (TPSA) is 24.9 Å². The summed E-state index contributed by atoms with van der Waals surface area (Å²) in [6.07, 6.45) is 1.08. The van der Waals surface area contributed by atoms with Crippen molar-refractivity contribution in [1.82, 2.24) is 4.90 Å². The minimum atomic E-state index is -2.78. The molecule has 0 saturated carbocycles. The fraction of sp³-hybridized carbons (Fsp3) is 0.400. The first-order valence-electron chi connectivity index (χ1n) is 8.79. The highest BCUT2D eigenvalue weighted by Gasteiger charge is 2.15. The predicted molar refractivity (Wildman–Crippen MR) is 98.2 cm³/mol. The van der Waals surface area contributed by atoms with Crippen molar-refractivity contribution >= 4 is 5.69 Å². The SMILES string of the molecule is COc1ccc(N2CCCN(Cc3ccc(OC(F)F)cc3)CC2)cc1. The first-order valence-corrected chi connectivity index (χ1v) is 8.79. The van der Waals surface area contributed by atoms with E-state index in [1.165, 1.54) is 5.69 Å². The van der Waals surface area contributed by atoms with Gasteiger partial charge < -0.3 is 14.4 Å². The summed E-state index contributed by atoms with van der Waals surface area (Å²) in [5.41, 5.74) is 2.31. The van der Waals surface area contributed by atoms with E-state index < -0.39 is 6.61 Å². The Hall–Kier alpha value is -2.34. The number of hydrogen-bond donors (Lipinski definition) is 0. The smallest absolute Gasteiger partial charge is 0.387 e. The maximum atomic E-state index is 12.2. The molecule has 0 N–H and O–H groups in total. The number of hydrogen-bond acceptors (Lipinski definition) is 4. The molecule has 1 aliphatic rings. The van der Waals surface area contributed by atoms with Crippen molar-refractivity contribution in [3.05, 3.63) is 54.1 Å². The number of methoxy groups -OCH3 is 1. The Kier molecular flexibility index (Phi) is 6.28. The average molecular weight is 362 g/mol. The summed E-state index contributed by atoms with van der Waals surface area (Å²) in [5, 5.41) is 0. The molecule has 26 heavy (non-hydrogen) atoms. The van der Waals surface area contributed by atoms with E-state index in [2.05, 4.69) is 26.7 Å². The molecule has 0 aliphatic carbocycles. The van der Waals surface area contributed by atoms with Crippen molar-refractivity contribution in [2.45, 2.75) is 19.6 Å². The maximum absolute atomic E-state index is 12.2. The van der Waals surface area contributed by atoms with E-state index in [0.29, 0.717) is 0 Å². The van der Waals surface area contributed by atoms with Crippen LogP contribution in [0.15, 0.2) is 48.5 Å². The second-order valence-corrected chi connectivity index (χ2v) is 6.34. The van der Waals surface area contributed by atoms with Crippen molar-refractivity contribution in [1.29, 1.82) is 0 Å². The van der Waals surface area contributed by atoms with Gasteiger partial charge in [-0.2, -0.15) is 8.78 Å². The Morgan fingerprint density at radius 1 is 0.885 bits per heavy atom. The minimum absolute atomic E-state index is 0.199. The lowest BCUT2D eigenvalue weighted by molar-refractivity contribution is -0.0498. The van der Waals surface area contributed by atoms with Crippen LogP contribution in [0.4, 0.5) is 14.5 Å². The zero-order valence-electron chi connectivity index (χ0n) is 14.9. The van der Waals surface area contributed by atoms with Crippen LogP contribution in [0.2, 0.25) is 0 Å². The van der Waals surface area contributed by atoms with E-state index in [1.807, 2.05) is 24.3 Å². The summed E-state index contributed by atoms with van der Waals surface area (Å²) in [4.78, 5) is 4.78. The number of nitrogens with zero attached hydrogens (tertiary/aromatic N) is 2. The van der Waals surface area contributed by atoms with Gasteiger partial charge in [-0.1, -0.05) is 12.1 Å². The molecule has 2 aromatic carbocycles. The van der Waals surface area contributed by atoms with Crippen LogP contribution in [0.3, 0.4) is 0 Å². The summed E-state index contributed by atoms with van der Waals surface area (Å²) in [6, 6.07) is 15.1. The number of anilines is 1. The van der Waals surface area contributed by atoms with Crippen LogP contribution in [0, 0.1) is 0 Å². The van der Waals surface area contributed by atoms with Crippen LogP contribution in [0.5, 0.6) is 11.5 Å². The predicted octanol–water partition coefficient (Wildman–Crippen LogP) is 4.01. The van der Waals surface area contributed by atoms with Gasteiger partial charge in [-0.3, -0.25) is 4.90 Å². The number of halogens is 2. The van der Waals surface area contributed by atoms with Crippen molar-refractivity contribution in [3.8, 4) is 11.5 Å². The van der Waals surface area contributed by atoms with Gasteiger partial charge in [0.2, 0.25) is 0 Å². The Morgan fingerprint density at radius 3 is 2.23 bits per heavy atom. The molecule has 2 aromatic rings. The molecule has 0 bridgehead atoms. The second-order valence-electron chi connectivity index (χ2n) is 6.34. The molecule has 3 rings (SSSR count). The second kappa shape index (κ2) is 8.85. The van der Waals surface area contributed by atoms with Crippen LogP contribution in [0.25, 0.3) is 0 Å².